The van der Waals surface area contributed by atoms with Crippen LogP contribution in [-0.4, -0.2) is 9.55 Å². The Morgan fingerprint density at radius 3 is 2.57 bits per heavy atom. The molecule has 0 fully saturated rings. The fourth-order valence-electron chi connectivity index (χ4n) is 2.89. The number of fused-ring (bicyclic) bond motifs is 2. The van der Waals surface area contributed by atoms with Crippen molar-refractivity contribution < 1.29 is 0 Å². The van der Waals surface area contributed by atoms with Crippen LogP contribution in [0.4, 0.5) is 0 Å². The molecule has 23 heavy (non-hydrogen) atoms. The maximum absolute atomic E-state index is 12.6. The fourth-order valence-corrected chi connectivity index (χ4v) is 3.18. The summed E-state index contributed by atoms with van der Waals surface area (Å²) in [7, 11) is 0. The second kappa shape index (κ2) is 5.52. The van der Waals surface area contributed by atoms with Gasteiger partial charge in [-0.05, 0) is 54.0 Å². The van der Waals surface area contributed by atoms with E-state index in [0.717, 1.165) is 23.4 Å². The van der Waals surface area contributed by atoms with E-state index in [1.807, 2.05) is 24.3 Å². The van der Waals surface area contributed by atoms with Crippen LogP contribution in [0.25, 0.3) is 22.6 Å². The topological polar surface area (TPSA) is 34.9 Å². The molecule has 1 aliphatic heterocycles. The zero-order chi connectivity index (χ0) is 16.0. The first-order valence-electron chi connectivity index (χ1n) is 7.28. The van der Waals surface area contributed by atoms with E-state index < -0.39 is 0 Å². The summed E-state index contributed by atoms with van der Waals surface area (Å²) >= 11 is 11.9. The van der Waals surface area contributed by atoms with Crippen molar-refractivity contribution in [3.8, 4) is 0 Å². The lowest BCUT2D eigenvalue weighted by molar-refractivity contribution is 0.725. The number of halogens is 2. The molecule has 2 heterocycles. The fraction of sp³-hybridized carbons (Fsp3) is 0.111. The third-order valence-corrected chi connectivity index (χ3v) is 4.51. The van der Waals surface area contributed by atoms with Gasteiger partial charge in [-0.25, -0.2) is 4.98 Å². The van der Waals surface area contributed by atoms with Crippen molar-refractivity contribution in [1.29, 1.82) is 0 Å². The number of nitrogens with zero attached hydrogens (tertiary/aromatic N) is 2. The Balaban J connectivity index is 1.89. The third-order valence-electron chi connectivity index (χ3n) is 4.02. The molecule has 5 heteroatoms. The minimum absolute atomic E-state index is 0.0128. The van der Waals surface area contributed by atoms with Crippen LogP contribution in [0.2, 0.25) is 10.0 Å². The number of allylic oxidation sites excluding steroid dienone is 1. The van der Waals surface area contributed by atoms with Crippen LogP contribution in [0.15, 0.2) is 47.3 Å². The summed E-state index contributed by atoms with van der Waals surface area (Å²) in [4.78, 5) is 17.3. The summed E-state index contributed by atoms with van der Waals surface area (Å²) < 4.78 is 1.73. The quantitative estimate of drug-likeness (QED) is 0.645. The lowest BCUT2D eigenvalue weighted by Gasteiger charge is -2.06. The monoisotopic (exact) mass is 342 g/mol. The molecule has 0 aliphatic carbocycles. The van der Waals surface area contributed by atoms with Crippen molar-refractivity contribution in [2.24, 2.45) is 0 Å². The molecule has 1 aliphatic rings. The van der Waals surface area contributed by atoms with E-state index in [-0.39, 0.29) is 5.56 Å². The van der Waals surface area contributed by atoms with Gasteiger partial charge < -0.3 is 0 Å². The van der Waals surface area contributed by atoms with Crippen LogP contribution < -0.4 is 5.56 Å². The summed E-state index contributed by atoms with van der Waals surface area (Å²) in [6.07, 6.45) is 2.84. The number of hydrogen-bond acceptors (Lipinski definition) is 2. The van der Waals surface area contributed by atoms with Crippen molar-refractivity contribution in [2.75, 3.05) is 0 Å². The molecule has 1 aromatic heterocycles. The van der Waals surface area contributed by atoms with E-state index in [9.17, 15) is 4.79 Å². The van der Waals surface area contributed by atoms with E-state index in [0.29, 0.717) is 27.5 Å². The summed E-state index contributed by atoms with van der Waals surface area (Å²) in [5, 5.41) is 1.88. The third kappa shape index (κ3) is 2.56. The predicted octanol–water partition coefficient (Wildman–Crippen LogP) is 4.65. The molecule has 0 amide bonds. The average Bonchev–Trinajstić information content (AvgIpc) is 2.93. The van der Waals surface area contributed by atoms with Gasteiger partial charge in [-0.15, -0.1) is 0 Å². The van der Waals surface area contributed by atoms with E-state index in [2.05, 4.69) is 11.1 Å². The maximum atomic E-state index is 12.6. The molecule has 3 nitrogen and oxygen atoms in total. The van der Waals surface area contributed by atoms with Gasteiger partial charge in [-0.2, -0.15) is 0 Å². The van der Waals surface area contributed by atoms with Crippen LogP contribution >= 0.6 is 23.2 Å². The zero-order valence-electron chi connectivity index (χ0n) is 12.1. The molecule has 0 saturated heterocycles. The number of benzene rings is 2. The van der Waals surface area contributed by atoms with Gasteiger partial charge in [0.05, 0.1) is 10.9 Å². The summed E-state index contributed by atoms with van der Waals surface area (Å²) in [6, 6.07) is 12.8. The summed E-state index contributed by atoms with van der Waals surface area (Å²) in [5.41, 5.74) is 2.71. The first kappa shape index (κ1) is 14.5. The highest BCUT2D eigenvalue weighted by atomic mass is 35.5. The second-order valence-corrected chi connectivity index (χ2v) is 6.40. The molecule has 0 N–H and O–H groups in total. The first-order chi connectivity index (χ1) is 11.1. The van der Waals surface area contributed by atoms with Gasteiger partial charge in [-0.1, -0.05) is 35.3 Å². The molecular formula is C18H12Cl2N2O. The molecule has 114 valence electrons. The Morgan fingerprint density at radius 2 is 1.78 bits per heavy atom. The van der Waals surface area contributed by atoms with Gasteiger partial charge in [0, 0.05) is 16.6 Å². The number of hydrogen-bond donors (Lipinski definition) is 0. The smallest absolute Gasteiger partial charge is 0.261 e. The molecule has 0 atom stereocenters. The SMILES string of the molecule is O=c1c2ccc(Cl)cc2nc2n1CCC2=Cc1ccc(Cl)cc1. The highest BCUT2D eigenvalue weighted by Gasteiger charge is 2.20. The van der Waals surface area contributed by atoms with Crippen LogP contribution in [0, 0.1) is 0 Å². The number of aromatic nitrogens is 2. The molecule has 0 radical (unpaired) electrons. The molecule has 2 aromatic carbocycles. The van der Waals surface area contributed by atoms with Gasteiger partial charge in [0.2, 0.25) is 0 Å². The van der Waals surface area contributed by atoms with Gasteiger partial charge >= 0.3 is 0 Å². The Labute approximate surface area is 142 Å². The van der Waals surface area contributed by atoms with Crippen LogP contribution in [0.5, 0.6) is 0 Å². The normalized spacial score (nSPS) is 15.3. The molecule has 3 aromatic rings. The summed E-state index contributed by atoms with van der Waals surface area (Å²) in [5.74, 6) is 0.722. The Kier molecular flexibility index (Phi) is 3.47. The van der Waals surface area contributed by atoms with Gasteiger partial charge in [-0.3, -0.25) is 9.36 Å². The van der Waals surface area contributed by atoms with E-state index in [1.54, 1.807) is 22.8 Å². The van der Waals surface area contributed by atoms with Crippen LogP contribution in [0.3, 0.4) is 0 Å². The van der Waals surface area contributed by atoms with Gasteiger partial charge in [0.15, 0.2) is 0 Å². The standard InChI is InChI=1S/C18H12Cl2N2O/c19-13-3-1-11(2-4-13)9-12-7-8-22-17(12)21-16-10-14(20)5-6-15(16)18(22)23/h1-6,9-10H,7-8H2. The lowest BCUT2D eigenvalue weighted by Crippen LogP contribution is -2.20. The lowest BCUT2D eigenvalue weighted by atomic mass is 10.1. The minimum Gasteiger partial charge on any atom is -0.292 e. The highest BCUT2D eigenvalue weighted by Crippen LogP contribution is 2.28. The van der Waals surface area contributed by atoms with Crippen LogP contribution in [0.1, 0.15) is 17.8 Å². The largest absolute Gasteiger partial charge is 0.292 e. The zero-order valence-corrected chi connectivity index (χ0v) is 13.6. The van der Waals surface area contributed by atoms with Crippen LogP contribution in [-0.2, 0) is 6.54 Å². The molecule has 0 bridgehead atoms. The summed E-state index contributed by atoms with van der Waals surface area (Å²) in [6.45, 7) is 0.652. The predicted molar refractivity (Wildman–Crippen MR) is 95.0 cm³/mol. The van der Waals surface area contributed by atoms with Crippen molar-refractivity contribution in [3.63, 3.8) is 0 Å². The first-order valence-corrected chi connectivity index (χ1v) is 8.04. The van der Waals surface area contributed by atoms with Crippen molar-refractivity contribution in [1.82, 2.24) is 9.55 Å². The molecule has 0 unspecified atom stereocenters. The Bertz CT molecular complexity index is 1000. The van der Waals surface area contributed by atoms with E-state index in [1.165, 1.54) is 0 Å². The van der Waals surface area contributed by atoms with E-state index >= 15 is 0 Å². The minimum atomic E-state index is -0.0128. The maximum Gasteiger partial charge on any atom is 0.261 e. The highest BCUT2D eigenvalue weighted by molar-refractivity contribution is 6.31. The molecule has 0 saturated carbocycles. The van der Waals surface area contributed by atoms with Crippen molar-refractivity contribution in [2.45, 2.75) is 13.0 Å². The molecule has 4 rings (SSSR count). The second-order valence-electron chi connectivity index (χ2n) is 5.52. The van der Waals surface area contributed by atoms with E-state index in [4.69, 9.17) is 23.2 Å². The molecule has 0 spiro atoms. The van der Waals surface area contributed by atoms with Crippen molar-refractivity contribution in [3.05, 3.63) is 74.3 Å². The van der Waals surface area contributed by atoms with Crippen molar-refractivity contribution >= 4 is 45.8 Å². The van der Waals surface area contributed by atoms with Gasteiger partial charge in [0.25, 0.3) is 5.56 Å². The number of rotatable bonds is 1. The average molecular weight is 343 g/mol. The Hall–Kier alpha value is -2.10. The Morgan fingerprint density at radius 1 is 1.04 bits per heavy atom. The molecular weight excluding hydrogens is 331 g/mol. The van der Waals surface area contributed by atoms with Gasteiger partial charge in [0.1, 0.15) is 5.82 Å².